The van der Waals surface area contributed by atoms with Crippen molar-refractivity contribution in [2.24, 2.45) is 0 Å². The van der Waals surface area contributed by atoms with E-state index < -0.39 is 10.0 Å². The van der Waals surface area contributed by atoms with Gasteiger partial charge in [-0.3, -0.25) is 0 Å². The second kappa shape index (κ2) is 4.20. The minimum absolute atomic E-state index is 0.458. The van der Waals surface area contributed by atoms with Crippen LogP contribution in [0.5, 0.6) is 0 Å². The third kappa shape index (κ3) is 2.44. The van der Waals surface area contributed by atoms with E-state index in [9.17, 15) is 0 Å². The molecule has 0 amide bonds. The summed E-state index contributed by atoms with van der Waals surface area (Å²) in [5.74, 6) is 1.27. The molecule has 0 N–H and O–H groups in total. The summed E-state index contributed by atoms with van der Waals surface area (Å²) in [5.41, 5.74) is 9.13. The van der Waals surface area contributed by atoms with Crippen molar-refractivity contribution >= 4 is 15.6 Å². The summed E-state index contributed by atoms with van der Waals surface area (Å²) in [4.78, 5) is 0. The molecule has 0 atom stereocenters. The first-order chi connectivity index (χ1) is 7.79. The van der Waals surface area contributed by atoms with Gasteiger partial charge in [-0.25, -0.2) is 10.0 Å². The molecule has 0 heterocycles. The van der Waals surface area contributed by atoms with Gasteiger partial charge in [0.2, 0.25) is 0 Å². The lowest BCUT2D eigenvalue weighted by Gasteiger charge is -2.27. The molecule has 0 saturated heterocycles. The third-order valence-electron chi connectivity index (χ3n) is 3.72. The molecule has 1 aliphatic rings. The molecular formula is C16H24S. The monoisotopic (exact) mass is 248 g/mol. The maximum absolute atomic E-state index is 2.45. The highest BCUT2D eigenvalue weighted by molar-refractivity contribution is 8.32. The van der Waals surface area contributed by atoms with Gasteiger partial charge in [0.15, 0.2) is 0 Å². The Morgan fingerprint density at radius 1 is 1.06 bits per heavy atom. The minimum Gasteiger partial charge on any atom is -0.246 e. The summed E-state index contributed by atoms with van der Waals surface area (Å²) in [6, 6.07) is 2.39. The van der Waals surface area contributed by atoms with Crippen LogP contribution in [0.25, 0.3) is 5.57 Å². The van der Waals surface area contributed by atoms with Crippen LogP contribution in [0.4, 0.5) is 0 Å². The average molecular weight is 248 g/mol. The van der Waals surface area contributed by atoms with Crippen molar-refractivity contribution in [2.75, 3.05) is 24.5 Å². The molecule has 17 heavy (non-hydrogen) atoms. The van der Waals surface area contributed by atoms with Crippen molar-refractivity contribution < 1.29 is 0 Å². The van der Waals surface area contributed by atoms with E-state index in [-0.39, 0.29) is 0 Å². The molecule has 1 aliphatic carbocycles. The lowest BCUT2D eigenvalue weighted by molar-refractivity contribution is 1.19. The van der Waals surface area contributed by atoms with Gasteiger partial charge in [-0.15, -0.1) is 0 Å². The molecule has 1 aromatic rings. The number of rotatable bonds is 2. The van der Waals surface area contributed by atoms with Gasteiger partial charge in [0.25, 0.3) is 0 Å². The molecule has 0 nitrogen and oxygen atoms in total. The van der Waals surface area contributed by atoms with E-state index in [1.54, 1.807) is 16.7 Å². The fraction of sp³-hybridized carbons (Fsp3) is 0.500. The van der Waals surface area contributed by atoms with Gasteiger partial charge >= 0.3 is 0 Å². The molecule has 0 radical (unpaired) electrons. The number of allylic oxidation sites excluding steroid dienone is 1. The normalized spacial score (nSPS) is 15.8. The summed E-state index contributed by atoms with van der Waals surface area (Å²) < 4.78 is 0. The zero-order chi connectivity index (χ0) is 12.8. The van der Waals surface area contributed by atoms with Crippen LogP contribution in [0.3, 0.4) is 0 Å². The molecule has 1 heteroatoms. The van der Waals surface area contributed by atoms with Crippen molar-refractivity contribution in [1.82, 2.24) is 0 Å². The largest absolute Gasteiger partial charge is 0.246 e. The third-order valence-corrected chi connectivity index (χ3v) is 4.90. The van der Waals surface area contributed by atoms with Crippen LogP contribution in [0.1, 0.15) is 27.8 Å². The number of hydrogen-bond donors (Lipinski definition) is 0. The van der Waals surface area contributed by atoms with Gasteiger partial charge in [0.1, 0.15) is 0 Å². The predicted molar refractivity (Wildman–Crippen MR) is 82.6 cm³/mol. The summed E-state index contributed by atoms with van der Waals surface area (Å²) in [7, 11) is -0.458. The first-order valence-corrected chi connectivity index (χ1v) is 9.27. The average Bonchev–Trinajstić information content (AvgIpc) is 2.55. The molecule has 94 valence electrons. The van der Waals surface area contributed by atoms with Gasteiger partial charge in [0.05, 0.1) is 0 Å². The standard InChI is InChI=1S/C16H24S/c1-11-9-14-7-8-15(10-17(4,5)6)16(14)13(3)12(11)2/h8-9H,7,10H2,1-6H3. The Kier molecular flexibility index (Phi) is 3.15. The quantitative estimate of drug-likeness (QED) is 0.734. The van der Waals surface area contributed by atoms with Crippen molar-refractivity contribution in [3.05, 3.63) is 40.0 Å². The Morgan fingerprint density at radius 3 is 2.29 bits per heavy atom. The SMILES string of the molecule is Cc1cc2c(c(C)c1C)C(CS(C)(C)C)=CC2. The maximum atomic E-state index is 2.45. The van der Waals surface area contributed by atoms with Gasteiger partial charge in [0, 0.05) is 5.75 Å². The number of hydrogen-bond acceptors (Lipinski definition) is 0. The Balaban J connectivity index is 2.46. The fourth-order valence-corrected chi connectivity index (χ4v) is 3.90. The molecule has 2 rings (SSSR count). The van der Waals surface area contributed by atoms with Crippen molar-refractivity contribution in [2.45, 2.75) is 27.2 Å². The molecule has 0 bridgehead atoms. The van der Waals surface area contributed by atoms with E-state index in [4.69, 9.17) is 0 Å². The zero-order valence-corrected chi connectivity index (χ0v) is 12.8. The summed E-state index contributed by atoms with van der Waals surface area (Å²) >= 11 is 0. The summed E-state index contributed by atoms with van der Waals surface area (Å²) in [6.45, 7) is 6.78. The van der Waals surface area contributed by atoms with E-state index in [0.717, 1.165) is 6.42 Å². The molecule has 0 saturated carbocycles. The maximum Gasteiger partial charge on any atom is 0.00208 e. The van der Waals surface area contributed by atoms with E-state index in [0.29, 0.717) is 0 Å². The van der Waals surface area contributed by atoms with Crippen LogP contribution in [0.15, 0.2) is 12.1 Å². The smallest absolute Gasteiger partial charge is 0.00208 e. The fourth-order valence-electron chi connectivity index (χ4n) is 2.71. The first-order valence-electron chi connectivity index (χ1n) is 6.24. The van der Waals surface area contributed by atoms with Gasteiger partial charge in [-0.05, 0) is 79.3 Å². The Bertz CT molecular complexity index is 487. The zero-order valence-electron chi connectivity index (χ0n) is 12.0. The van der Waals surface area contributed by atoms with Crippen LogP contribution in [-0.4, -0.2) is 24.5 Å². The van der Waals surface area contributed by atoms with E-state index in [1.807, 2.05) is 0 Å². The summed E-state index contributed by atoms with van der Waals surface area (Å²) in [5, 5.41) is 0. The molecule has 0 unspecified atom stereocenters. The highest BCUT2D eigenvalue weighted by Gasteiger charge is 2.21. The van der Waals surface area contributed by atoms with E-state index >= 15 is 0 Å². The van der Waals surface area contributed by atoms with Crippen LogP contribution in [0.2, 0.25) is 0 Å². The molecular weight excluding hydrogens is 224 g/mol. The minimum atomic E-state index is -0.458. The van der Waals surface area contributed by atoms with Gasteiger partial charge < -0.3 is 0 Å². The number of benzene rings is 1. The van der Waals surface area contributed by atoms with Crippen LogP contribution in [-0.2, 0) is 6.42 Å². The second-order valence-corrected chi connectivity index (χ2v) is 10.6. The number of aryl methyl sites for hydroxylation is 1. The molecule has 0 spiro atoms. The highest BCUT2D eigenvalue weighted by Crippen LogP contribution is 2.43. The Morgan fingerprint density at radius 2 is 1.71 bits per heavy atom. The van der Waals surface area contributed by atoms with E-state index in [2.05, 4.69) is 51.7 Å². The topological polar surface area (TPSA) is 0 Å². The van der Waals surface area contributed by atoms with Crippen LogP contribution < -0.4 is 0 Å². The lowest BCUT2D eigenvalue weighted by atomic mass is 9.93. The van der Waals surface area contributed by atoms with Crippen LogP contribution >= 0.6 is 10.0 Å². The molecule has 0 aliphatic heterocycles. The highest BCUT2D eigenvalue weighted by atomic mass is 32.3. The predicted octanol–water partition coefficient (Wildman–Crippen LogP) is 4.25. The van der Waals surface area contributed by atoms with Crippen LogP contribution in [0, 0.1) is 20.8 Å². The molecule has 1 aromatic carbocycles. The van der Waals surface area contributed by atoms with Crippen molar-refractivity contribution in [3.8, 4) is 0 Å². The van der Waals surface area contributed by atoms with Gasteiger partial charge in [-0.1, -0.05) is 12.1 Å². The van der Waals surface area contributed by atoms with Crippen molar-refractivity contribution in [3.63, 3.8) is 0 Å². The Labute approximate surface area is 107 Å². The number of fused-ring (bicyclic) bond motifs is 1. The lowest BCUT2D eigenvalue weighted by Crippen LogP contribution is -2.03. The summed E-state index contributed by atoms with van der Waals surface area (Å²) in [6.07, 6.45) is 10.8. The first kappa shape index (κ1) is 12.8. The van der Waals surface area contributed by atoms with E-state index in [1.165, 1.54) is 22.4 Å². The second-order valence-electron chi connectivity index (χ2n) is 6.15. The molecule has 0 aromatic heterocycles. The Hall–Kier alpha value is -0.690. The van der Waals surface area contributed by atoms with Gasteiger partial charge in [-0.2, -0.15) is 0 Å². The van der Waals surface area contributed by atoms with Crippen molar-refractivity contribution in [1.29, 1.82) is 0 Å². The molecule has 0 fully saturated rings.